The summed E-state index contributed by atoms with van der Waals surface area (Å²) in [4.78, 5) is 10.7. The monoisotopic (exact) mass is 267 g/mol. The average Bonchev–Trinajstić information content (AvgIpc) is 2.13. The Morgan fingerprint density at radius 3 is 1.82 bits per heavy atom. The quantitative estimate of drug-likeness (QED) is 0.441. The lowest BCUT2D eigenvalue weighted by molar-refractivity contribution is -0.574. The first kappa shape index (κ1) is 16.0. The maximum Gasteiger partial charge on any atom is 0.399 e. The molecule has 0 rings (SSSR count). The van der Waals surface area contributed by atoms with Crippen LogP contribution in [0.15, 0.2) is 0 Å². The van der Waals surface area contributed by atoms with E-state index in [4.69, 9.17) is 0 Å². The van der Waals surface area contributed by atoms with Crippen LogP contribution >= 0.6 is 0 Å². The molecule has 0 aliphatic heterocycles. The summed E-state index contributed by atoms with van der Waals surface area (Å²) in [6, 6.07) is 0. The van der Waals surface area contributed by atoms with Crippen LogP contribution in [0.4, 0.5) is 26.3 Å². The number of carbonyl (C=O) groups excluding carboxylic acids is 1. The van der Waals surface area contributed by atoms with Crippen molar-refractivity contribution in [2.75, 3.05) is 6.61 Å². The molecule has 17 heavy (non-hydrogen) atoms. The molecular formula is C8H9F6O3-. The molecule has 0 aliphatic rings. The molecule has 0 aromatic rings. The van der Waals surface area contributed by atoms with E-state index in [9.17, 15) is 36.2 Å². The lowest BCUT2D eigenvalue weighted by Gasteiger charge is -2.40. The molecule has 0 saturated heterocycles. The van der Waals surface area contributed by atoms with Crippen molar-refractivity contribution >= 4 is 5.97 Å². The number of ether oxygens (including phenoxy) is 1. The zero-order valence-electron chi connectivity index (χ0n) is 8.61. The van der Waals surface area contributed by atoms with Gasteiger partial charge in [0.1, 0.15) is 0 Å². The van der Waals surface area contributed by atoms with E-state index >= 15 is 0 Å². The second kappa shape index (κ2) is 5.11. The largest absolute Gasteiger partial charge is 0.828 e. The predicted molar refractivity (Wildman–Crippen MR) is 40.7 cm³/mol. The highest BCUT2D eigenvalue weighted by Gasteiger charge is 2.68. The number of hydrogen-bond donors (Lipinski definition) is 0. The van der Waals surface area contributed by atoms with E-state index in [0.717, 1.165) is 0 Å². The summed E-state index contributed by atoms with van der Waals surface area (Å²) in [7, 11) is 0. The molecule has 0 amide bonds. The summed E-state index contributed by atoms with van der Waals surface area (Å²) in [5, 5.41) is 10.7. The number of unbranched alkanes of at least 4 members (excludes halogenated alkanes) is 1. The molecule has 0 N–H and O–H groups in total. The van der Waals surface area contributed by atoms with E-state index in [-0.39, 0.29) is 6.42 Å². The summed E-state index contributed by atoms with van der Waals surface area (Å²) in [6.45, 7) is 0.914. The molecule has 0 fully saturated rings. The van der Waals surface area contributed by atoms with Gasteiger partial charge in [-0.05, 0) is 6.42 Å². The Morgan fingerprint density at radius 2 is 1.53 bits per heavy atom. The minimum atomic E-state index is -6.30. The van der Waals surface area contributed by atoms with Gasteiger partial charge in [0, 0.05) is 0 Å². The number of esters is 1. The molecule has 3 nitrogen and oxygen atoms in total. The highest BCUT2D eigenvalue weighted by molar-refractivity contribution is 5.81. The van der Waals surface area contributed by atoms with Crippen LogP contribution in [0.25, 0.3) is 0 Å². The second-order valence-corrected chi connectivity index (χ2v) is 3.17. The first-order valence-electron chi connectivity index (χ1n) is 4.49. The van der Waals surface area contributed by atoms with Crippen LogP contribution in [0.5, 0.6) is 0 Å². The fourth-order valence-corrected chi connectivity index (χ4v) is 0.803. The van der Waals surface area contributed by atoms with Crippen molar-refractivity contribution in [1.29, 1.82) is 0 Å². The predicted octanol–water partition coefficient (Wildman–Crippen LogP) is 1.55. The highest BCUT2D eigenvalue weighted by atomic mass is 19.4. The first-order valence-corrected chi connectivity index (χ1v) is 4.49. The number of rotatable bonds is 4. The third kappa shape index (κ3) is 3.24. The van der Waals surface area contributed by atoms with E-state index in [1.54, 1.807) is 6.92 Å². The number of halogens is 6. The molecule has 0 atom stereocenters. The SMILES string of the molecule is CCCCOC(=O)C([O-])(C(F)(F)F)C(F)(F)F. The fraction of sp³-hybridized carbons (Fsp3) is 0.875. The Hall–Kier alpha value is -0.990. The Bertz CT molecular complexity index is 255. The van der Waals surface area contributed by atoms with Gasteiger partial charge in [-0.2, -0.15) is 26.3 Å². The van der Waals surface area contributed by atoms with Gasteiger partial charge >= 0.3 is 18.3 Å². The second-order valence-electron chi connectivity index (χ2n) is 3.17. The van der Waals surface area contributed by atoms with Crippen molar-refractivity contribution in [2.45, 2.75) is 37.7 Å². The topological polar surface area (TPSA) is 49.4 Å². The molecule has 0 aromatic carbocycles. The van der Waals surface area contributed by atoms with Crippen molar-refractivity contribution in [3.8, 4) is 0 Å². The van der Waals surface area contributed by atoms with Gasteiger partial charge in [-0.1, -0.05) is 13.3 Å². The van der Waals surface area contributed by atoms with Crippen LogP contribution in [-0.2, 0) is 9.53 Å². The summed E-state index contributed by atoms with van der Waals surface area (Å²) >= 11 is 0. The fourth-order valence-electron chi connectivity index (χ4n) is 0.803. The van der Waals surface area contributed by atoms with Crippen LogP contribution in [0.2, 0.25) is 0 Å². The Balaban J connectivity index is 5.03. The molecule has 0 unspecified atom stereocenters. The van der Waals surface area contributed by atoms with Gasteiger partial charge < -0.3 is 9.84 Å². The van der Waals surface area contributed by atoms with E-state index in [1.165, 1.54) is 0 Å². The zero-order chi connectivity index (χ0) is 13.9. The Kier molecular flexibility index (Phi) is 4.81. The van der Waals surface area contributed by atoms with Gasteiger partial charge in [0.15, 0.2) is 5.60 Å². The summed E-state index contributed by atoms with van der Waals surface area (Å²) in [5.41, 5.74) is -5.73. The Morgan fingerprint density at radius 1 is 1.12 bits per heavy atom. The average molecular weight is 267 g/mol. The molecule has 0 saturated carbocycles. The molecule has 102 valence electrons. The molecule has 0 radical (unpaired) electrons. The standard InChI is InChI=1S/C8H9F6O3/c1-2-3-4-17-5(15)6(16,7(9,10)11)8(12,13)14/h2-4H2,1H3/q-1. The third-order valence-electron chi connectivity index (χ3n) is 1.82. The molecule has 0 aliphatic carbocycles. The van der Waals surface area contributed by atoms with Gasteiger partial charge in [-0.3, -0.25) is 4.79 Å². The molecule has 0 bridgehead atoms. The van der Waals surface area contributed by atoms with Crippen LogP contribution in [0, 0.1) is 0 Å². The normalized spacial score (nSPS) is 13.6. The number of carbonyl (C=O) groups is 1. The Labute approximate surface area is 92.4 Å². The summed E-state index contributed by atoms with van der Waals surface area (Å²) in [5.74, 6) is -2.87. The van der Waals surface area contributed by atoms with Gasteiger partial charge in [-0.15, -0.1) is 0 Å². The van der Waals surface area contributed by atoms with Gasteiger partial charge in [0.05, 0.1) is 6.61 Å². The van der Waals surface area contributed by atoms with Crippen molar-refractivity contribution < 1.29 is 41.0 Å². The smallest absolute Gasteiger partial charge is 0.399 e. The van der Waals surface area contributed by atoms with Crippen LogP contribution in [0.3, 0.4) is 0 Å². The van der Waals surface area contributed by atoms with Crippen molar-refractivity contribution in [3.05, 3.63) is 0 Å². The van der Waals surface area contributed by atoms with E-state index in [0.29, 0.717) is 6.42 Å². The van der Waals surface area contributed by atoms with Gasteiger partial charge in [0.25, 0.3) is 0 Å². The summed E-state index contributed by atoms with van der Waals surface area (Å²) in [6.07, 6.45) is -12.1. The number of hydrogen-bond acceptors (Lipinski definition) is 3. The third-order valence-corrected chi connectivity index (χ3v) is 1.82. The van der Waals surface area contributed by atoms with E-state index < -0.39 is 30.5 Å². The van der Waals surface area contributed by atoms with Crippen molar-refractivity contribution in [2.24, 2.45) is 0 Å². The number of alkyl halides is 6. The van der Waals surface area contributed by atoms with Crippen molar-refractivity contribution in [1.82, 2.24) is 0 Å². The summed E-state index contributed by atoms with van der Waals surface area (Å²) < 4.78 is 75.9. The van der Waals surface area contributed by atoms with Crippen LogP contribution in [0.1, 0.15) is 19.8 Å². The van der Waals surface area contributed by atoms with Gasteiger partial charge in [0.2, 0.25) is 0 Å². The zero-order valence-corrected chi connectivity index (χ0v) is 8.61. The minimum Gasteiger partial charge on any atom is -0.828 e. The molecule has 0 aromatic heterocycles. The minimum absolute atomic E-state index is 0.0670. The van der Waals surface area contributed by atoms with Crippen LogP contribution in [-0.4, -0.2) is 30.5 Å². The van der Waals surface area contributed by atoms with Crippen LogP contribution < -0.4 is 5.11 Å². The lowest BCUT2D eigenvalue weighted by atomic mass is 10.0. The molecule has 0 heterocycles. The molecule has 0 spiro atoms. The highest BCUT2D eigenvalue weighted by Crippen LogP contribution is 2.41. The maximum atomic E-state index is 12.0. The van der Waals surface area contributed by atoms with Crippen molar-refractivity contribution in [3.63, 3.8) is 0 Å². The van der Waals surface area contributed by atoms with E-state index in [1.807, 2.05) is 0 Å². The lowest BCUT2D eigenvalue weighted by Crippen LogP contribution is -2.71. The van der Waals surface area contributed by atoms with Gasteiger partial charge in [-0.25, -0.2) is 0 Å². The first-order chi connectivity index (χ1) is 7.48. The maximum absolute atomic E-state index is 12.0. The van der Waals surface area contributed by atoms with E-state index in [2.05, 4.69) is 4.74 Å². The molecular weight excluding hydrogens is 258 g/mol. The molecule has 9 heteroatoms.